The van der Waals surface area contributed by atoms with E-state index in [1.165, 1.54) is 25.3 Å². The fourth-order valence-corrected chi connectivity index (χ4v) is 4.70. The molecule has 3 aromatic heterocycles. The molecule has 0 aliphatic rings. The maximum absolute atomic E-state index is 13.4. The van der Waals surface area contributed by atoms with E-state index in [0.29, 0.717) is 22.3 Å². The van der Waals surface area contributed by atoms with Crippen molar-refractivity contribution in [3.63, 3.8) is 0 Å². The van der Waals surface area contributed by atoms with Gasteiger partial charge in [-0.3, -0.25) is 9.59 Å². The summed E-state index contributed by atoms with van der Waals surface area (Å²) in [5, 5.41) is 3.49. The number of halogens is 1. The van der Waals surface area contributed by atoms with Gasteiger partial charge in [0.1, 0.15) is 33.4 Å². The van der Waals surface area contributed by atoms with E-state index in [2.05, 4.69) is 15.3 Å². The molecule has 8 nitrogen and oxygen atoms in total. The van der Waals surface area contributed by atoms with Crippen molar-refractivity contribution in [3.05, 3.63) is 85.6 Å². The zero-order valence-electron chi connectivity index (χ0n) is 17.9. The molecule has 3 heterocycles. The number of ether oxygens (including phenoxy) is 1. The minimum Gasteiger partial charge on any atom is -0.497 e. The smallest absolute Gasteiger partial charge is 0.347 e. The minimum atomic E-state index is -0.680. The zero-order chi connectivity index (χ0) is 24.0. The van der Waals surface area contributed by atoms with E-state index < -0.39 is 22.9 Å². The average Bonchev–Trinajstić information content (AvgIpc) is 3.15. The molecule has 34 heavy (non-hydrogen) atoms. The third-order valence-corrected chi connectivity index (χ3v) is 6.47. The van der Waals surface area contributed by atoms with Crippen LogP contribution in [0.5, 0.6) is 5.75 Å². The summed E-state index contributed by atoms with van der Waals surface area (Å²) in [4.78, 5) is 45.9. The molecular formula is C24H16FN3O5S. The van der Waals surface area contributed by atoms with Crippen molar-refractivity contribution in [2.24, 2.45) is 0 Å². The Labute approximate surface area is 194 Å². The van der Waals surface area contributed by atoms with Crippen LogP contribution in [0.1, 0.15) is 15.2 Å². The number of fused-ring (bicyclic) bond motifs is 2. The fourth-order valence-electron chi connectivity index (χ4n) is 3.63. The molecule has 0 fully saturated rings. The number of H-pyrrole nitrogens is 1. The molecule has 5 rings (SSSR count). The average molecular weight is 477 g/mol. The highest BCUT2D eigenvalue weighted by Crippen LogP contribution is 2.29. The number of amides is 1. The number of aromatic nitrogens is 2. The Morgan fingerprint density at radius 2 is 2.00 bits per heavy atom. The molecule has 5 aromatic rings. The molecule has 0 unspecified atom stereocenters. The summed E-state index contributed by atoms with van der Waals surface area (Å²) in [7, 11) is 1.51. The Bertz CT molecular complexity index is 1720. The summed E-state index contributed by atoms with van der Waals surface area (Å²) < 4.78 is 24.0. The van der Waals surface area contributed by atoms with E-state index in [-0.39, 0.29) is 32.2 Å². The number of benzene rings is 2. The van der Waals surface area contributed by atoms with Gasteiger partial charge in [0.05, 0.1) is 17.4 Å². The summed E-state index contributed by atoms with van der Waals surface area (Å²) in [5.41, 5.74) is -0.0386. The topological polar surface area (TPSA) is 114 Å². The van der Waals surface area contributed by atoms with Crippen LogP contribution in [-0.2, 0) is 0 Å². The van der Waals surface area contributed by atoms with E-state index in [1.807, 2.05) is 0 Å². The molecule has 0 atom stereocenters. The Balaban J connectivity index is 1.58. The van der Waals surface area contributed by atoms with Crippen molar-refractivity contribution in [1.82, 2.24) is 9.97 Å². The second-order valence-electron chi connectivity index (χ2n) is 7.47. The molecule has 1 amide bonds. The van der Waals surface area contributed by atoms with Crippen LogP contribution in [0.2, 0.25) is 0 Å². The molecule has 0 aliphatic heterocycles. The number of methoxy groups -OCH3 is 1. The third-order valence-electron chi connectivity index (χ3n) is 5.29. The fraction of sp³-hybridized carbons (Fsp3) is 0.0833. The van der Waals surface area contributed by atoms with Crippen molar-refractivity contribution in [2.45, 2.75) is 6.92 Å². The lowest BCUT2D eigenvalue weighted by Crippen LogP contribution is -2.14. The molecule has 0 radical (unpaired) electrons. The second kappa shape index (κ2) is 8.23. The van der Waals surface area contributed by atoms with Crippen LogP contribution in [-0.4, -0.2) is 23.0 Å². The van der Waals surface area contributed by atoms with Gasteiger partial charge in [-0.2, -0.15) is 0 Å². The number of nitrogens with zero attached hydrogens (tertiary/aromatic N) is 1. The Morgan fingerprint density at radius 1 is 1.18 bits per heavy atom. The molecule has 170 valence electrons. The Kier molecular flexibility index (Phi) is 5.21. The van der Waals surface area contributed by atoms with Crippen LogP contribution in [0.25, 0.3) is 32.6 Å². The van der Waals surface area contributed by atoms with Crippen LogP contribution in [0.15, 0.2) is 62.5 Å². The highest BCUT2D eigenvalue weighted by Gasteiger charge is 2.21. The number of carbonyl (C=O) groups excluding carboxylic acids is 1. The van der Waals surface area contributed by atoms with E-state index in [0.717, 1.165) is 11.3 Å². The lowest BCUT2D eigenvalue weighted by molar-refractivity contribution is 0.103. The zero-order valence-corrected chi connectivity index (χ0v) is 18.7. The number of hydrogen-bond acceptors (Lipinski definition) is 7. The highest BCUT2D eigenvalue weighted by molar-refractivity contribution is 7.20. The summed E-state index contributed by atoms with van der Waals surface area (Å²) in [6.07, 6.45) is 0. The molecule has 0 saturated heterocycles. The van der Waals surface area contributed by atoms with Crippen LogP contribution in [0.3, 0.4) is 0 Å². The van der Waals surface area contributed by atoms with Gasteiger partial charge in [0.25, 0.3) is 11.5 Å². The first-order valence-corrected chi connectivity index (χ1v) is 10.9. The first kappa shape index (κ1) is 21.5. The molecule has 10 heteroatoms. The lowest BCUT2D eigenvalue weighted by Gasteiger charge is -2.04. The molecule has 0 saturated carbocycles. The number of carbonyl (C=O) groups is 1. The molecular weight excluding hydrogens is 461 g/mol. The number of anilines is 1. The van der Waals surface area contributed by atoms with Gasteiger partial charge >= 0.3 is 5.63 Å². The van der Waals surface area contributed by atoms with E-state index >= 15 is 0 Å². The maximum Gasteiger partial charge on any atom is 0.347 e. The first-order valence-electron chi connectivity index (χ1n) is 10.1. The van der Waals surface area contributed by atoms with Crippen LogP contribution >= 0.6 is 11.3 Å². The van der Waals surface area contributed by atoms with Crippen molar-refractivity contribution in [3.8, 4) is 17.1 Å². The quantitative estimate of drug-likeness (QED) is 0.369. The second-order valence-corrected chi connectivity index (χ2v) is 8.47. The van der Waals surface area contributed by atoms with Crippen LogP contribution in [0, 0.1) is 12.7 Å². The molecule has 2 aromatic carbocycles. The standard InChI is InChI=1S/C24H16FN3O5S/c1-11-18-21(29)27-20(16-8-12-6-7-15(32-2)10-17(12)33-24(16)31)28-23(18)34-19(11)22(30)26-14-5-3-4-13(25)9-14/h3-10H,1-2H3,(H,26,30)(H,27,28,29). The largest absolute Gasteiger partial charge is 0.497 e. The van der Waals surface area contributed by atoms with E-state index in [9.17, 15) is 18.8 Å². The van der Waals surface area contributed by atoms with Gasteiger partial charge in [0.2, 0.25) is 0 Å². The monoisotopic (exact) mass is 477 g/mol. The Hall–Kier alpha value is -4.31. The highest BCUT2D eigenvalue weighted by atomic mass is 32.1. The molecule has 2 N–H and O–H groups in total. The molecule has 0 spiro atoms. The normalized spacial score (nSPS) is 11.1. The van der Waals surface area contributed by atoms with Gasteiger partial charge in [0, 0.05) is 17.1 Å². The number of rotatable bonds is 4. The first-order chi connectivity index (χ1) is 16.3. The van der Waals surface area contributed by atoms with E-state index in [4.69, 9.17) is 9.15 Å². The van der Waals surface area contributed by atoms with Crippen molar-refractivity contribution in [1.29, 1.82) is 0 Å². The number of aromatic amines is 1. The number of nitrogens with one attached hydrogen (secondary N) is 2. The predicted octanol–water partition coefficient (Wildman–Crippen LogP) is 4.47. The van der Waals surface area contributed by atoms with Gasteiger partial charge in [0.15, 0.2) is 0 Å². The molecule has 0 aliphatic carbocycles. The third kappa shape index (κ3) is 3.73. The summed E-state index contributed by atoms with van der Waals surface area (Å²) >= 11 is 1.01. The Morgan fingerprint density at radius 3 is 2.76 bits per heavy atom. The van der Waals surface area contributed by atoms with Gasteiger partial charge in [-0.1, -0.05) is 6.07 Å². The van der Waals surface area contributed by atoms with Gasteiger partial charge in [-0.25, -0.2) is 14.2 Å². The summed E-state index contributed by atoms with van der Waals surface area (Å²) in [5.74, 6) is -0.413. The van der Waals surface area contributed by atoms with Gasteiger partial charge < -0.3 is 19.5 Å². The van der Waals surface area contributed by atoms with E-state index in [1.54, 1.807) is 37.3 Å². The van der Waals surface area contributed by atoms with Crippen molar-refractivity contribution in [2.75, 3.05) is 12.4 Å². The summed E-state index contributed by atoms with van der Waals surface area (Å²) in [6.45, 7) is 1.63. The van der Waals surface area contributed by atoms with Crippen molar-refractivity contribution >= 4 is 44.1 Å². The van der Waals surface area contributed by atoms with Crippen LogP contribution in [0.4, 0.5) is 10.1 Å². The number of hydrogen-bond donors (Lipinski definition) is 2. The van der Waals surface area contributed by atoms with Gasteiger partial charge in [-0.15, -0.1) is 11.3 Å². The predicted molar refractivity (Wildman–Crippen MR) is 127 cm³/mol. The maximum atomic E-state index is 13.4. The lowest BCUT2D eigenvalue weighted by atomic mass is 10.1. The summed E-state index contributed by atoms with van der Waals surface area (Å²) in [6, 6.07) is 12.1. The van der Waals surface area contributed by atoms with Crippen molar-refractivity contribution < 1.29 is 18.3 Å². The minimum absolute atomic E-state index is 0.0299. The number of aryl methyl sites for hydroxylation is 1. The SMILES string of the molecule is COc1ccc2cc(-c3nc4sc(C(=O)Nc5cccc(F)c5)c(C)c4c(=O)[nH]3)c(=O)oc2c1. The molecule has 0 bridgehead atoms. The number of thiophene rings is 1. The van der Waals surface area contributed by atoms with Crippen LogP contribution < -0.4 is 21.2 Å². The van der Waals surface area contributed by atoms with Gasteiger partial charge in [-0.05, 0) is 48.9 Å².